The molecule has 2 unspecified atom stereocenters. The van der Waals surface area contributed by atoms with Crippen molar-refractivity contribution < 1.29 is 23.2 Å². The minimum atomic E-state index is -1.77. The smallest absolute Gasteiger partial charge is 0.258 e. The van der Waals surface area contributed by atoms with Gasteiger partial charge in [0.05, 0.1) is 16.1 Å². The van der Waals surface area contributed by atoms with E-state index in [9.17, 15) is 23.2 Å². The Kier molecular flexibility index (Phi) is 9.33. The number of hydrogen-bond donors (Lipinski definition) is 3. The Hall–Kier alpha value is -2.53. The van der Waals surface area contributed by atoms with Crippen molar-refractivity contribution in [1.82, 2.24) is 20.5 Å². The van der Waals surface area contributed by atoms with Crippen LogP contribution in [0.5, 0.6) is 0 Å². The van der Waals surface area contributed by atoms with E-state index in [1.54, 1.807) is 30.3 Å². The van der Waals surface area contributed by atoms with E-state index in [0.29, 0.717) is 18.5 Å². The predicted octanol–water partition coefficient (Wildman–Crippen LogP) is 4.20. The van der Waals surface area contributed by atoms with Gasteiger partial charge in [-0.25, -0.2) is 13.8 Å². The molecule has 2 heterocycles. The Balaban J connectivity index is 0.000000208. The van der Waals surface area contributed by atoms with Crippen molar-refractivity contribution in [2.24, 2.45) is 0 Å². The molecule has 0 radical (unpaired) electrons. The molecular formula is C26H34F2N4O3S2. The van der Waals surface area contributed by atoms with Gasteiger partial charge in [0.1, 0.15) is 11.9 Å². The molecule has 1 aliphatic carbocycles. The number of alkyl halides is 1. The van der Waals surface area contributed by atoms with Crippen molar-refractivity contribution in [2.75, 3.05) is 6.54 Å². The summed E-state index contributed by atoms with van der Waals surface area (Å²) >= 11 is 5.90. The van der Waals surface area contributed by atoms with Gasteiger partial charge in [0.2, 0.25) is 12.3 Å². The fraction of sp³-hybridized carbons (Fsp3) is 0.538. The summed E-state index contributed by atoms with van der Waals surface area (Å²) in [6, 6.07) is 4.36. The van der Waals surface area contributed by atoms with Gasteiger partial charge in [-0.15, -0.1) is 11.3 Å². The maximum absolute atomic E-state index is 13.8. The van der Waals surface area contributed by atoms with Crippen LogP contribution in [0.2, 0.25) is 0 Å². The van der Waals surface area contributed by atoms with Gasteiger partial charge in [0.25, 0.3) is 5.91 Å². The van der Waals surface area contributed by atoms with Gasteiger partial charge in [-0.2, -0.15) is 12.6 Å². The fourth-order valence-corrected chi connectivity index (χ4v) is 5.10. The molecule has 1 aromatic heterocycles. The Morgan fingerprint density at radius 2 is 2.08 bits per heavy atom. The van der Waals surface area contributed by atoms with E-state index in [-0.39, 0.29) is 37.2 Å². The minimum absolute atomic E-state index is 0.160. The maximum Gasteiger partial charge on any atom is 0.258 e. The molecule has 2 fully saturated rings. The summed E-state index contributed by atoms with van der Waals surface area (Å²) in [5, 5.41) is 5.02. The van der Waals surface area contributed by atoms with E-state index in [4.69, 9.17) is 0 Å². The third-order valence-electron chi connectivity index (χ3n) is 6.60. The first-order valence-electron chi connectivity index (χ1n) is 12.3. The zero-order valence-corrected chi connectivity index (χ0v) is 23.2. The van der Waals surface area contributed by atoms with Crippen molar-refractivity contribution in [3.8, 4) is 10.4 Å². The number of likely N-dealkylation sites (tertiary alicyclic amines) is 1. The second-order valence-corrected chi connectivity index (χ2v) is 12.1. The highest BCUT2D eigenvalue weighted by atomic mass is 32.1. The first-order chi connectivity index (χ1) is 17.4. The molecule has 1 aliphatic heterocycles. The molecule has 2 atom stereocenters. The van der Waals surface area contributed by atoms with Crippen LogP contribution in [0, 0.1) is 12.7 Å². The molecule has 3 amide bonds. The van der Waals surface area contributed by atoms with E-state index in [1.165, 1.54) is 17.4 Å². The number of aryl methyl sites for hydroxylation is 1. The molecule has 2 aromatic rings. The number of amides is 3. The number of aromatic nitrogens is 1. The summed E-state index contributed by atoms with van der Waals surface area (Å²) in [5.74, 6) is -1.15. The van der Waals surface area contributed by atoms with E-state index in [0.717, 1.165) is 29.0 Å². The third-order valence-corrected chi connectivity index (χ3v) is 7.83. The zero-order chi connectivity index (χ0) is 27.4. The van der Waals surface area contributed by atoms with Gasteiger partial charge in [-0.3, -0.25) is 14.4 Å². The Morgan fingerprint density at radius 1 is 1.38 bits per heavy atom. The Bertz CT molecular complexity index is 1130. The van der Waals surface area contributed by atoms with Crippen molar-refractivity contribution >= 4 is 42.2 Å². The maximum atomic E-state index is 13.8. The number of rotatable bonds is 8. The van der Waals surface area contributed by atoms with E-state index < -0.39 is 22.4 Å². The molecular weight excluding hydrogens is 518 g/mol. The summed E-state index contributed by atoms with van der Waals surface area (Å²) in [5.41, 5.74) is 2.16. The topological polar surface area (TPSA) is 91.4 Å². The molecule has 11 heteroatoms. The molecule has 4 rings (SSSR count). The minimum Gasteiger partial charge on any atom is -0.354 e. The first kappa shape index (κ1) is 29.0. The molecule has 2 N–H and O–H groups in total. The van der Waals surface area contributed by atoms with Gasteiger partial charge in [-0.05, 0) is 65.0 Å². The Morgan fingerprint density at radius 3 is 2.57 bits per heavy atom. The second kappa shape index (κ2) is 11.9. The van der Waals surface area contributed by atoms with Crippen LogP contribution in [0.25, 0.3) is 10.4 Å². The number of thiol groups is 1. The number of hydrogen-bond acceptors (Lipinski definition) is 6. The standard InChI is InChI=1S/C14H23FN2O2S.C12H11FN2OS/c1-9-5-4-8-17(9)11(18)10(13(2,3)20)16-12(19)14(15)6-7-14;1-8-12(17-7-15-8)9-2-3-10(5-14-6-16)11(13)4-9/h9-10,20H,4-8H2,1-3H3,(H,16,19);2-4,6-7H,5H2,1H3,(H,14,16). The van der Waals surface area contributed by atoms with E-state index in [2.05, 4.69) is 28.2 Å². The monoisotopic (exact) mass is 552 g/mol. The summed E-state index contributed by atoms with van der Waals surface area (Å²) in [6.07, 6.45) is 2.97. The first-order valence-corrected chi connectivity index (χ1v) is 13.6. The summed E-state index contributed by atoms with van der Waals surface area (Å²) in [7, 11) is 0. The van der Waals surface area contributed by atoms with Crippen LogP contribution in [0.4, 0.5) is 8.78 Å². The average molecular weight is 553 g/mol. The van der Waals surface area contributed by atoms with Crippen molar-refractivity contribution in [3.63, 3.8) is 0 Å². The number of nitrogens with zero attached hydrogens (tertiary/aromatic N) is 2. The highest BCUT2D eigenvalue weighted by Crippen LogP contribution is 2.40. The molecule has 1 saturated heterocycles. The number of halogens is 2. The van der Waals surface area contributed by atoms with Crippen LogP contribution in [-0.2, 0) is 20.9 Å². The van der Waals surface area contributed by atoms with Crippen LogP contribution in [0.15, 0.2) is 23.7 Å². The lowest BCUT2D eigenvalue weighted by molar-refractivity contribution is -0.139. The number of nitrogens with one attached hydrogen (secondary N) is 2. The lowest BCUT2D eigenvalue weighted by atomic mass is 10.0. The zero-order valence-electron chi connectivity index (χ0n) is 21.5. The van der Waals surface area contributed by atoms with Gasteiger partial charge in [-0.1, -0.05) is 12.1 Å². The number of carbonyl (C=O) groups excluding carboxylic acids is 3. The summed E-state index contributed by atoms with van der Waals surface area (Å²) in [4.78, 5) is 41.5. The highest BCUT2D eigenvalue weighted by Gasteiger charge is 2.53. The summed E-state index contributed by atoms with van der Waals surface area (Å²) < 4.78 is 26.8. The number of carbonyl (C=O) groups is 3. The Labute approximate surface area is 225 Å². The van der Waals surface area contributed by atoms with E-state index in [1.807, 2.05) is 19.9 Å². The van der Waals surface area contributed by atoms with Crippen LogP contribution < -0.4 is 10.6 Å². The third kappa shape index (κ3) is 7.28. The molecule has 0 spiro atoms. The van der Waals surface area contributed by atoms with Gasteiger partial charge in [0, 0.05) is 29.4 Å². The fourth-order valence-electron chi connectivity index (χ4n) is 4.13. The van der Waals surface area contributed by atoms with E-state index >= 15 is 0 Å². The normalized spacial score (nSPS) is 18.9. The van der Waals surface area contributed by atoms with Crippen molar-refractivity contribution in [3.05, 3.63) is 40.8 Å². The molecule has 1 saturated carbocycles. The average Bonchev–Trinajstić information content (AvgIpc) is 3.22. The predicted molar refractivity (Wildman–Crippen MR) is 144 cm³/mol. The lowest BCUT2D eigenvalue weighted by Crippen LogP contribution is -2.58. The molecule has 2 aliphatic rings. The molecule has 37 heavy (non-hydrogen) atoms. The SMILES string of the molecule is CC1CCCN1C(=O)C(NC(=O)C1(F)CC1)C(C)(C)S.Cc1ncsc1-c1ccc(CNC=O)c(F)c1. The second-order valence-electron chi connectivity index (χ2n) is 10.1. The van der Waals surface area contributed by atoms with Crippen molar-refractivity contribution in [2.45, 2.75) is 82.4 Å². The van der Waals surface area contributed by atoms with Crippen LogP contribution >= 0.6 is 24.0 Å². The highest BCUT2D eigenvalue weighted by molar-refractivity contribution is 7.81. The number of benzene rings is 1. The lowest BCUT2D eigenvalue weighted by Gasteiger charge is -2.34. The van der Waals surface area contributed by atoms with Gasteiger partial charge < -0.3 is 15.5 Å². The molecule has 7 nitrogen and oxygen atoms in total. The largest absolute Gasteiger partial charge is 0.354 e. The molecule has 1 aromatic carbocycles. The summed E-state index contributed by atoms with van der Waals surface area (Å²) in [6.45, 7) is 8.31. The quantitative estimate of drug-likeness (QED) is 0.338. The molecule has 202 valence electrons. The van der Waals surface area contributed by atoms with Crippen LogP contribution in [0.1, 0.15) is 57.7 Å². The number of thiazole rings is 1. The van der Waals surface area contributed by atoms with Crippen molar-refractivity contribution in [1.29, 1.82) is 0 Å². The van der Waals surface area contributed by atoms with Gasteiger partial charge in [0.15, 0.2) is 5.67 Å². The van der Waals surface area contributed by atoms with Gasteiger partial charge >= 0.3 is 0 Å². The molecule has 0 bridgehead atoms. The van der Waals surface area contributed by atoms with Crippen LogP contribution in [-0.4, -0.2) is 57.2 Å². The van der Waals surface area contributed by atoms with Crippen LogP contribution in [0.3, 0.4) is 0 Å².